The van der Waals surface area contributed by atoms with Crippen LogP contribution >= 0.6 is 0 Å². The third kappa shape index (κ3) is 7.60. The van der Waals surface area contributed by atoms with Crippen LogP contribution in [-0.2, 0) is 15.8 Å². The lowest BCUT2D eigenvalue weighted by Crippen LogP contribution is -2.43. The molecule has 5 nitrogen and oxygen atoms in total. The van der Waals surface area contributed by atoms with E-state index in [2.05, 4.69) is 52.4 Å². The van der Waals surface area contributed by atoms with E-state index in [0.29, 0.717) is 17.2 Å². The van der Waals surface area contributed by atoms with Crippen molar-refractivity contribution in [2.24, 2.45) is 10.9 Å². The van der Waals surface area contributed by atoms with Gasteiger partial charge in [0.2, 0.25) is 0 Å². The summed E-state index contributed by atoms with van der Waals surface area (Å²) in [5.41, 5.74) is 3.83. The summed E-state index contributed by atoms with van der Waals surface area (Å²) >= 11 is 0. The van der Waals surface area contributed by atoms with E-state index < -0.39 is 11.0 Å². The van der Waals surface area contributed by atoms with Gasteiger partial charge in [-0.05, 0) is 76.9 Å². The molecule has 184 valence electrons. The van der Waals surface area contributed by atoms with E-state index in [1.807, 2.05) is 19.1 Å². The minimum Gasteiger partial charge on any atom is -0.382 e. The number of nitrogens with zero attached hydrogens (tertiary/aromatic N) is 2. The quantitative estimate of drug-likeness (QED) is 0.338. The number of ketones is 1. The van der Waals surface area contributed by atoms with Crippen LogP contribution in [0.2, 0.25) is 0 Å². The van der Waals surface area contributed by atoms with Crippen LogP contribution in [0.3, 0.4) is 0 Å². The summed E-state index contributed by atoms with van der Waals surface area (Å²) in [6.07, 6.45) is 21.7. The average molecular weight is 482 g/mol. The SMILES string of the molecule is C=C(C=N/C=C\C)/C(=C\C(=C/C)C1CC=CC(C(C)=O)=CC1)NC1CCN(S(=O)C2CC2)CC1. The van der Waals surface area contributed by atoms with E-state index in [1.165, 1.54) is 5.57 Å². The lowest BCUT2D eigenvalue weighted by molar-refractivity contribution is -0.113. The molecule has 2 fully saturated rings. The summed E-state index contributed by atoms with van der Waals surface area (Å²) in [6.45, 7) is 11.6. The first-order chi connectivity index (χ1) is 16.4. The summed E-state index contributed by atoms with van der Waals surface area (Å²) in [4.78, 5) is 16.2. The number of carbonyl (C=O) groups excluding carboxylic acids is 1. The Hall–Kier alpha value is -2.31. The van der Waals surface area contributed by atoms with E-state index in [9.17, 15) is 9.00 Å². The second kappa shape index (κ2) is 13.0. The molecule has 0 aromatic carbocycles. The summed E-state index contributed by atoms with van der Waals surface area (Å²) in [5.74, 6) is 0.414. The molecule has 1 saturated heterocycles. The Morgan fingerprint density at radius 1 is 1.21 bits per heavy atom. The van der Waals surface area contributed by atoms with Gasteiger partial charge in [-0.15, -0.1) is 0 Å². The van der Waals surface area contributed by atoms with Crippen LogP contribution in [-0.4, -0.2) is 44.9 Å². The number of carbonyl (C=O) groups is 1. The van der Waals surface area contributed by atoms with Crippen molar-refractivity contribution in [2.75, 3.05) is 13.1 Å². The Kier molecular flexibility index (Phi) is 10.0. The topological polar surface area (TPSA) is 61.8 Å². The molecule has 34 heavy (non-hydrogen) atoms. The van der Waals surface area contributed by atoms with Crippen molar-refractivity contribution < 1.29 is 9.00 Å². The first-order valence-corrected chi connectivity index (χ1v) is 13.6. The molecule has 0 aromatic heterocycles. The largest absolute Gasteiger partial charge is 0.382 e. The predicted molar refractivity (Wildman–Crippen MR) is 144 cm³/mol. The van der Waals surface area contributed by atoms with Crippen molar-refractivity contribution in [1.29, 1.82) is 0 Å². The van der Waals surface area contributed by atoms with Gasteiger partial charge in [-0.3, -0.25) is 9.79 Å². The Morgan fingerprint density at radius 3 is 2.56 bits per heavy atom. The number of piperidine rings is 1. The molecule has 3 rings (SSSR count). The Labute approximate surface area is 207 Å². The minimum absolute atomic E-state index is 0.111. The Balaban J connectivity index is 1.73. The molecule has 1 saturated carbocycles. The number of hydrogen-bond donors (Lipinski definition) is 1. The maximum absolute atomic E-state index is 12.5. The highest BCUT2D eigenvalue weighted by Gasteiger charge is 2.34. The molecular weight excluding hydrogens is 442 g/mol. The fourth-order valence-corrected chi connectivity index (χ4v) is 5.86. The first kappa shape index (κ1) is 26.3. The normalized spacial score (nSPS) is 24.3. The number of aliphatic imine (C=N–C) groups is 1. The molecule has 0 radical (unpaired) electrons. The lowest BCUT2D eigenvalue weighted by Gasteiger charge is -2.32. The molecule has 1 aliphatic heterocycles. The van der Waals surface area contributed by atoms with Gasteiger partial charge in [-0.2, -0.15) is 0 Å². The zero-order valence-electron chi connectivity index (χ0n) is 20.8. The van der Waals surface area contributed by atoms with Gasteiger partial charge in [0, 0.05) is 53.6 Å². The molecule has 1 heterocycles. The van der Waals surface area contributed by atoms with Crippen LogP contribution in [0, 0.1) is 5.92 Å². The first-order valence-electron chi connectivity index (χ1n) is 12.4. The van der Waals surface area contributed by atoms with Gasteiger partial charge in [0.15, 0.2) is 5.78 Å². The smallest absolute Gasteiger partial charge is 0.159 e. The standard InChI is InChI=1S/C28H39N3O2S/c1-5-16-29-20-21(3)28(30-26-14-17-31(18-15-26)34(33)27-12-13-27)19-23(6-2)25-9-7-8-24(10-11-25)22(4)32/h5-8,10,16,19-20,25-27,30H,3,9,11-15,17-18H2,1-2,4H3/b16-5-,23-6+,28-19+,29-20?. The molecule has 0 aromatic rings. The maximum Gasteiger partial charge on any atom is 0.159 e. The van der Waals surface area contributed by atoms with Crippen LogP contribution in [0.25, 0.3) is 0 Å². The number of hydrogen-bond acceptors (Lipinski definition) is 4. The van der Waals surface area contributed by atoms with Crippen molar-refractivity contribution in [3.8, 4) is 0 Å². The molecule has 6 heteroatoms. The number of rotatable bonds is 10. The predicted octanol–water partition coefficient (Wildman–Crippen LogP) is 5.34. The zero-order valence-corrected chi connectivity index (χ0v) is 21.7. The highest BCUT2D eigenvalue weighted by atomic mass is 32.2. The van der Waals surface area contributed by atoms with Gasteiger partial charge in [-0.25, -0.2) is 8.51 Å². The molecule has 0 spiro atoms. The van der Waals surface area contributed by atoms with Crippen molar-refractivity contribution in [2.45, 2.75) is 70.6 Å². The maximum atomic E-state index is 12.5. The third-order valence-corrected chi connectivity index (χ3v) is 8.47. The second-order valence-corrected chi connectivity index (χ2v) is 11.0. The van der Waals surface area contributed by atoms with E-state index in [-0.39, 0.29) is 5.78 Å². The van der Waals surface area contributed by atoms with Gasteiger partial charge < -0.3 is 5.32 Å². The average Bonchev–Trinajstić information content (AvgIpc) is 3.69. The van der Waals surface area contributed by atoms with Crippen molar-refractivity contribution >= 4 is 23.0 Å². The Bertz CT molecular complexity index is 958. The molecule has 1 N–H and O–H groups in total. The van der Waals surface area contributed by atoms with E-state index in [1.54, 1.807) is 19.3 Å². The number of Topliss-reactive ketones (excluding diaryl/α,β-unsaturated/α-hetero) is 1. The Morgan fingerprint density at radius 2 is 1.94 bits per heavy atom. The highest BCUT2D eigenvalue weighted by molar-refractivity contribution is 7.83. The number of allylic oxidation sites excluding steroid dienone is 9. The highest BCUT2D eigenvalue weighted by Crippen LogP contribution is 2.30. The fourth-order valence-electron chi connectivity index (χ4n) is 4.33. The van der Waals surface area contributed by atoms with Gasteiger partial charge in [0.25, 0.3) is 0 Å². The van der Waals surface area contributed by atoms with Gasteiger partial charge in [0.1, 0.15) is 0 Å². The summed E-state index contributed by atoms with van der Waals surface area (Å²) in [5, 5.41) is 4.12. The summed E-state index contributed by atoms with van der Waals surface area (Å²) in [7, 11) is -0.811. The molecule has 2 aliphatic carbocycles. The molecule has 2 unspecified atom stereocenters. The van der Waals surface area contributed by atoms with Crippen LogP contribution in [0.1, 0.15) is 59.3 Å². The molecule has 2 atom stereocenters. The van der Waals surface area contributed by atoms with Crippen molar-refractivity contribution in [3.05, 3.63) is 71.7 Å². The van der Waals surface area contributed by atoms with Gasteiger partial charge in [-0.1, -0.05) is 37.0 Å². The van der Waals surface area contributed by atoms with Crippen LogP contribution in [0.5, 0.6) is 0 Å². The fraction of sp³-hybridized carbons (Fsp3) is 0.500. The molecule has 0 bridgehead atoms. The van der Waals surface area contributed by atoms with Gasteiger partial charge >= 0.3 is 0 Å². The summed E-state index contributed by atoms with van der Waals surface area (Å²) in [6, 6.07) is 0.307. The molecular formula is C28H39N3O2S. The molecule has 0 amide bonds. The van der Waals surface area contributed by atoms with Crippen molar-refractivity contribution in [3.63, 3.8) is 0 Å². The van der Waals surface area contributed by atoms with Crippen LogP contribution in [0.4, 0.5) is 0 Å². The lowest BCUT2D eigenvalue weighted by atomic mass is 9.90. The van der Waals surface area contributed by atoms with Crippen LogP contribution < -0.4 is 5.32 Å². The number of nitrogens with one attached hydrogen (secondary N) is 1. The van der Waals surface area contributed by atoms with Crippen LogP contribution in [0.15, 0.2) is 76.6 Å². The van der Waals surface area contributed by atoms with E-state index >= 15 is 0 Å². The summed E-state index contributed by atoms with van der Waals surface area (Å²) < 4.78 is 14.7. The second-order valence-electron chi connectivity index (χ2n) is 9.24. The minimum atomic E-state index is -0.811. The van der Waals surface area contributed by atoms with Crippen molar-refractivity contribution in [1.82, 2.24) is 9.62 Å². The van der Waals surface area contributed by atoms with E-state index in [0.717, 1.165) is 68.5 Å². The van der Waals surface area contributed by atoms with Gasteiger partial charge in [0.05, 0.1) is 11.0 Å². The monoisotopic (exact) mass is 481 g/mol. The van der Waals surface area contributed by atoms with E-state index in [4.69, 9.17) is 0 Å². The third-order valence-electron chi connectivity index (χ3n) is 6.55. The zero-order chi connectivity index (χ0) is 24.5. The molecule has 3 aliphatic rings.